The quantitative estimate of drug-likeness (QED) is 0.447. The maximum Gasteiger partial charge on any atom is 0.277 e. The van der Waals surface area contributed by atoms with Crippen LogP contribution < -0.4 is 10.2 Å². The molecule has 4 nitrogen and oxygen atoms in total. The van der Waals surface area contributed by atoms with Crippen LogP contribution in [0.1, 0.15) is 87.0 Å². The van der Waals surface area contributed by atoms with Crippen LogP contribution in [0.3, 0.4) is 0 Å². The Labute approximate surface area is 180 Å². The molecule has 2 aromatic carbocycles. The van der Waals surface area contributed by atoms with Crippen LogP contribution in [0.5, 0.6) is 5.75 Å². The molecular formula is C26H34N2O2. The zero-order valence-electron chi connectivity index (χ0n) is 18.7. The van der Waals surface area contributed by atoms with E-state index in [0.29, 0.717) is 11.8 Å². The van der Waals surface area contributed by atoms with Crippen molar-refractivity contribution < 1.29 is 9.53 Å². The summed E-state index contributed by atoms with van der Waals surface area (Å²) in [5, 5.41) is 4.26. The smallest absolute Gasteiger partial charge is 0.277 e. The molecule has 1 fully saturated rings. The Hall–Kier alpha value is -2.62. The standard InChI is InChI=1S/C26H34N2O2/c1-18(2)24-16-19(3)10-15-25(24)30-17-26(29)28-27-20(4)21-11-13-23(14-12-21)22-8-6-5-7-9-22/h10-16,18,22H,5-9,17H2,1-4H3,(H,28,29)/b27-20+. The monoisotopic (exact) mass is 406 g/mol. The second kappa shape index (κ2) is 10.4. The molecule has 1 amide bonds. The summed E-state index contributed by atoms with van der Waals surface area (Å²) in [4.78, 5) is 12.2. The van der Waals surface area contributed by atoms with E-state index in [4.69, 9.17) is 4.74 Å². The van der Waals surface area contributed by atoms with Gasteiger partial charge in [-0.15, -0.1) is 0 Å². The number of aryl methyl sites for hydroxylation is 1. The van der Waals surface area contributed by atoms with E-state index < -0.39 is 0 Å². The summed E-state index contributed by atoms with van der Waals surface area (Å²) in [6, 6.07) is 14.7. The fourth-order valence-electron chi connectivity index (χ4n) is 4.07. The predicted octanol–water partition coefficient (Wildman–Crippen LogP) is 6.09. The largest absolute Gasteiger partial charge is 0.483 e. The summed E-state index contributed by atoms with van der Waals surface area (Å²) in [6.07, 6.45) is 6.63. The van der Waals surface area contributed by atoms with Crippen LogP contribution in [0.15, 0.2) is 47.6 Å². The lowest BCUT2D eigenvalue weighted by Gasteiger charge is -2.22. The van der Waals surface area contributed by atoms with Gasteiger partial charge in [0.1, 0.15) is 5.75 Å². The number of benzene rings is 2. The maximum atomic E-state index is 12.2. The molecule has 0 spiro atoms. The summed E-state index contributed by atoms with van der Waals surface area (Å²) in [7, 11) is 0. The first-order chi connectivity index (χ1) is 14.4. The molecule has 1 aliphatic carbocycles. The summed E-state index contributed by atoms with van der Waals surface area (Å²) in [5.41, 5.74) is 8.14. The highest BCUT2D eigenvalue weighted by atomic mass is 16.5. The number of hydrogen-bond donors (Lipinski definition) is 1. The van der Waals surface area contributed by atoms with Crippen molar-refractivity contribution in [3.05, 3.63) is 64.7 Å². The van der Waals surface area contributed by atoms with Crippen molar-refractivity contribution in [1.82, 2.24) is 5.43 Å². The van der Waals surface area contributed by atoms with Crippen LogP contribution in [-0.2, 0) is 4.79 Å². The van der Waals surface area contributed by atoms with Gasteiger partial charge in [-0.25, -0.2) is 5.43 Å². The van der Waals surface area contributed by atoms with Gasteiger partial charge in [-0.2, -0.15) is 5.10 Å². The molecule has 0 unspecified atom stereocenters. The van der Waals surface area contributed by atoms with E-state index in [2.05, 4.69) is 61.6 Å². The Balaban J connectivity index is 1.54. The van der Waals surface area contributed by atoms with Crippen LogP contribution in [0.2, 0.25) is 0 Å². The van der Waals surface area contributed by atoms with E-state index >= 15 is 0 Å². The Kier molecular flexibility index (Phi) is 7.67. The molecule has 0 bridgehead atoms. The number of hydrogen-bond acceptors (Lipinski definition) is 3. The molecule has 3 rings (SSSR count). The molecule has 160 valence electrons. The number of nitrogens with zero attached hydrogens (tertiary/aromatic N) is 1. The lowest BCUT2D eigenvalue weighted by Crippen LogP contribution is -2.26. The van der Waals surface area contributed by atoms with Gasteiger partial charge in [-0.3, -0.25) is 4.79 Å². The third-order valence-electron chi connectivity index (χ3n) is 5.90. The zero-order chi connectivity index (χ0) is 21.5. The number of rotatable bonds is 7. The first-order valence-electron chi connectivity index (χ1n) is 11.1. The van der Waals surface area contributed by atoms with Crippen molar-refractivity contribution in [2.45, 2.75) is 71.6 Å². The molecule has 0 radical (unpaired) electrons. The van der Waals surface area contributed by atoms with Gasteiger partial charge in [0.25, 0.3) is 5.91 Å². The molecular weight excluding hydrogens is 372 g/mol. The van der Waals surface area contributed by atoms with E-state index in [9.17, 15) is 4.79 Å². The molecule has 1 N–H and O–H groups in total. The van der Waals surface area contributed by atoms with Crippen molar-refractivity contribution in [2.75, 3.05) is 6.61 Å². The van der Waals surface area contributed by atoms with Gasteiger partial charge in [0.05, 0.1) is 5.71 Å². The average Bonchev–Trinajstić information content (AvgIpc) is 2.77. The normalized spacial score (nSPS) is 15.3. The van der Waals surface area contributed by atoms with E-state index in [0.717, 1.165) is 22.6 Å². The first-order valence-corrected chi connectivity index (χ1v) is 11.1. The van der Waals surface area contributed by atoms with E-state index in [1.54, 1.807) is 0 Å². The number of nitrogens with one attached hydrogen (secondary N) is 1. The summed E-state index contributed by atoms with van der Waals surface area (Å²) >= 11 is 0. The topological polar surface area (TPSA) is 50.7 Å². The van der Waals surface area contributed by atoms with Crippen molar-refractivity contribution in [2.24, 2.45) is 5.10 Å². The van der Waals surface area contributed by atoms with Crippen LogP contribution in [0.4, 0.5) is 0 Å². The molecule has 0 aromatic heterocycles. The van der Waals surface area contributed by atoms with E-state index in [1.807, 2.05) is 19.1 Å². The molecule has 0 atom stereocenters. The molecule has 0 heterocycles. The highest BCUT2D eigenvalue weighted by Crippen LogP contribution is 2.32. The minimum atomic E-state index is -0.261. The average molecular weight is 407 g/mol. The second-order valence-corrected chi connectivity index (χ2v) is 8.67. The summed E-state index contributed by atoms with van der Waals surface area (Å²) in [5.74, 6) is 1.52. The fraction of sp³-hybridized carbons (Fsp3) is 0.462. The molecule has 1 aliphatic rings. The predicted molar refractivity (Wildman–Crippen MR) is 123 cm³/mol. The minimum Gasteiger partial charge on any atom is -0.483 e. The van der Waals surface area contributed by atoms with Gasteiger partial charge >= 0.3 is 0 Å². The van der Waals surface area contributed by atoms with Crippen LogP contribution >= 0.6 is 0 Å². The zero-order valence-corrected chi connectivity index (χ0v) is 18.7. The second-order valence-electron chi connectivity index (χ2n) is 8.67. The molecule has 2 aromatic rings. The Morgan fingerprint density at radius 3 is 2.47 bits per heavy atom. The summed E-state index contributed by atoms with van der Waals surface area (Å²) in [6.45, 7) is 8.15. The van der Waals surface area contributed by atoms with Gasteiger partial charge in [-0.05, 0) is 61.3 Å². The number of carbonyl (C=O) groups excluding carboxylic acids is 1. The van der Waals surface area contributed by atoms with Crippen molar-refractivity contribution >= 4 is 11.6 Å². The first kappa shape index (κ1) is 22.1. The molecule has 0 aliphatic heterocycles. The molecule has 1 saturated carbocycles. The number of amides is 1. The Morgan fingerprint density at radius 1 is 1.10 bits per heavy atom. The molecule has 0 saturated heterocycles. The van der Waals surface area contributed by atoms with Crippen LogP contribution in [0.25, 0.3) is 0 Å². The third kappa shape index (κ3) is 5.94. The van der Waals surface area contributed by atoms with Crippen molar-refractivity contribution in [3.63, 3.8) is 0 Å². The van der Waals surface area contributed by atoms with Gasteiger partial charge in [-0.1, -0.05) is 75.1 Å². The van der Waals surface area contributed by atoms with Gasteiger partial charge in [0, 0.05) is 0 Å². The lowest BCUT2D eigenvalue weighted by atomic mass is 9.84. The number of hydrazone groups is 1. The fourth-order valence-corrected chi connectivity index (χ4v) is 4.07. The number of ether oxygens (including phenoxy) is 1. The minimum absolute atomic E-state index is 0.0554. The Bertz CT molecular complexity index is 878. The number of carbonyl (C=O) groups is 1. The van der Waals surface area contributed by atoms with Crippen LogP contribution in [0, 0.1) is 6.92 Å². The van der Waals surface area contributed by atoms with Crippen molar-refractivity contribution in [3.8, 4) is 5.75 Å². The van der Waals surface area contributed by atoms with Crippen LogP contribution in [-0.4, -0.2) is 18.2 Å². The molecule has 30 heavy (non-hydrogen) atoms. The maximum absolute atomic E-state index is 12.2. The van der Waals surface area contributed by atoms with Crippen molar-refractivity contribution in [1.29, 1.82) is 0 Å². The summed E-state index contributed by atoms with van der Waals surface area (Å²) < 4.78 is 5.75. The third-order valence-corrected chi connectivity index (χ3v) is 5.90. The van der Waals surface area contributed by atoms with E-state index in [-0.39, 0.29) is 12.5 Å². The van der Waals surface area contributed by atoms with Gasteiger partial charge in [0.15, 0.2) is 6.61 Å². The highest BCUT2D eigenvalue weighted by Gasteiger charge is 2.15. The lowest BCUT2D eigenvalue weighted by molar-refractivity contribution is -0.123. The van der Waals surface area contributed by atoms with E-state index in [1.165, 1.54) is 43.2 Å². The van der Waals surface area contributed by atoms with Gasteiger partial charge < -0.3 is 4.74 Å². The van der Waals surface area contributed by atoms with Gasteiger partial charge in [0.2, 0.25) is 0 Å². The Morgan fingerprint density at radius 2 is 1.80 bits per heavy atom. The molecule has 4 heteroatoms. The highest BCUT2D eigenvalue weighted by molar-refractivity contribution is 5.99. The SMILES string of the molecule is C/C(=N\NC(=O)COc1ccc(C)cc1C(C)C)c1ccc(C2CCCCC2)cc1.